The maximum absolute atomic E-state index is 12.7. The van der Waals surface area contributed by atoms with Crippen LogP contribution in [-0.2, 0) is 4.74 Å². The Bertz CT molecular complexity index is 1050. The number of amides is 4. The van der Waals surface area contributed by atoms with Gasteiger partial charge in [-0.15, -0.1) is 0 Å². The number of benzene rings is 2. The highest BCUT2D eigenvalue weighted by Gasteiger charge is 2.35. The zero-order valence-corrected chi connectivity index (χ0v) is 18.7. The number of nitrogens with one attached hydrogen (secondary N) is 2. The Hall–Kier alpha value is -3.52. The molecule has 0 atom stereocenters. The Morgan fingerprint density at radius 1 is 0.906 bits per heavy atom. The molecular formula is C24H27N3O5. The second-order valence-corrected chi connectivity index (χ2v) is 8.60. The predicted molar refractivity (Wildman–Crippen MR) is 120 cm³/mol. The number of carbonyl (C=O) groups is 4. The van der Waals surface area contributed by atoms with Crippen molar-refractivity contribution in [2.45, 2.75) is 32.7 Å². The first-order valence-corrected chi connectivity index (χ1v) is 10.3. The van der Waals surface area contributed by atoms with Gasteiger partial charge in [0.05, 0.1) is 11.1 Å². The molecule has 1 aliphatic heterocycles. The third-order valence-corrected chi connectivity index (χ3v) is 4.86. The molecule has 3 rings (SSSR count). The second-order valence-electron chi connectivity index (χ2n) is 8.60. The number of hydrogen-bond donors (Lipinski definition) is 2. The molecule has 2 aromatic rings. The number of rotatable bonds is 7. The quantitative estimate of drug-likeness (QED) is 0.512. The average molecular weight is 437 g/mol. The first kappa shape index (κ1) is 23.1. The monoisotopic (exact) mass is 437 g/mol. The molecule has 168 valence electrons. The molecule has 0 spiro atoms. The van der Waals surface area contributed by atoms with Crippen LogP contribution in [0.15, 0.2) is 42.5 Å². The molecule has 0 fully saturated rings. The smallest absolute Gasteiger partial charge is 0.261 e. The van der Waals surface area contributed by atoms with Gasteiger partial charge in [0.2, 0.25) is 0 Å². The number of anilines is 1. The summed E-state index contributed by atoms with van der Waals surface area (Å²) in [6.45, 7) is 6.39. The van der Waals surface area contributed by atoms with Crippen molar-refractivity contribution in [2.24, 2.45) is 0 Å². The van der Waals surface area contributed by atoms with Gasteiger partial charge in [-0.2, -0.15) is 0 Å². The summed E-state index contributed by atoms with van der Waals surface area (Å²) in [6, 6.07) is 11.0. The lowest BCUT2D eigenvalue weighted by atomic mass is 10.0. The van der Waals surface area contributed by atoms with Crippen molar-refractivity contribution in [3.05, 3.63) is 64.7 Å². The van der Waals surface area contributed by atoms with Crippen molar-refractivity contribution < 1.29 is 23.9 Å². The summed E-state index contributed by atoms with van der Waals surface area (Å²) >= 11 is 0. The highest BCUT2D eigenvalue weighted by molar-refractivity contribution is 6.22. The zero-order chi connectivity index (χ0) is 23.5. The number of nitrogens with zero attached hydrogens (tertiary/aromatic N) is 1. The van der Waals surface area contributed by atoms with Gasteiger partial charge in [-0.05, 0) is 69.7 Å². The fourth-order valence-electron chi connectivity index (χ4n) is 3.32. The van der Waals surface area contributed by atoms with E-state index in [1.54, 1.807) is 31.4 Å². The summed E-state index contributed by atoms with van der Waals surface area (Å²) in [5.74, 6) is -1.40. The van der Waals surface area contributed by atoms with Crippen molar-refractivity contribution in [3.8, 4) is 0 Å². The van der Waals surface area contributed by atoms with Gasteiger partial charge < -0.3 is 15.4 Å². The third kappa shape index (κ3) is 5.20. The summed E-state index contributed by atoms with van der Waals surface area (Å²) in [5, 5.41) is 5.62. The highest BCUT2D eigenvalue weighted by Crippen LogP contribution is 2.25. The fraction of sp³-hybridized carbons (Fsp3) is 0.333. The molecule has 4 amide bonds. The molecule has 0 bridgehead atoms. The first-order chi connectivity index (χ1) is 15.1. The lowest BCUT2D eigenvalue weighted by Gasteiger charge is -2.20. The van der Waals surface area contributed by atoms with E-state index >= 15 is 0 Å². The van der Waals surface area contributed by atoms with Gasteiger partial charge in [-0.25, -0.2) is 0 Å². The lowest BCUT2D eigenvalue weighted by molar-refractivity contribution is 0.0638. The van der Waals surface area contributed by atoms with Crippen LogP contribution in [0, 0.1) is 0 Å². The number of methoxy groups -OCH3 is 1. The molecule has 8 heteroatoms. The number of hydrogen-bond acceptors (Lipinski definition) is 5. The average Bonchev–Trinajstić information content (AvgIpc) is 2.97. The topological polar surface area (TPSA) is 105 Å². The van der Waals surface area contributed by atoms with Crippen LogP contribution < -0.4 is 10.6 Å². The van der Waals surface area contributed by atoms with Gasteiger partial charge >= 0.3 is 0 Å². The van der Waals surface area contributed by atoms with Crippen molar-refractivity contribution in [1.29, 1.82) is 0 Å². The molecule has 32 heavy (non-hydrogen) atoms. The van der Waals surface area contributed by atoms with E-state index in [0.717, 1.165) is 0 Å². The van der Waals surface area contributed by atoms with Crippen LogP contribution in [0.5, 0.6) is 0 Å². The highest BCUT2D eigenvalue weighted by atomic mass is 16.5. The molecule has 0 unspecified atom stereocenters. The minimum atomic E-state index is -0.419. The van der Waals surface area contributed by atoms with Crippen LogP contribution in [0.4, 0.5) is 5.69 Å². The van der Waals surface area contributed by atoms with E-state index in [0.29, 0.717) is 24.3 Å². The van der Waals surface area contributed by atoms with Crippen LogP contribution in [-0.4, -0.2) is 54.3 Å². The van der Waals surface area contributed by atoms with Crippen LogP contribution in [0.1, 0.15) is 68.6 Å². The molecule has 0 aromatic heterocycles. The van der Waals surface area contributed by atoms with E-state index in [-0.39, 0.29) is 40.6 Å². The van der Waals surface area contributed by atoms with E-state index in [1.165, 1.54) is 23.1 Å². The van der Waals surface area contributed by atoms with Crippen molar-refractivity contribution in [1.82, 2.24) is 10.2 Å². The Kier molecular flexibility index (Phi) is 6.74. The molecule has 0 aliphatic carbocycles. The zero-order valence-electron chi connectivity index (χ0n) is 18.7. The van der Waals surface area contributed by atoms with Gasteiger partial charge in [-0.1, -0.05) is 0 Å². The molecule has 2 N–H and O–H groups in total. The SMILES string of the molecule is COCCCN1C(=O)c2ccc(C(=O)Nc3ccc(C(=O)NC(C)(C)C)cc3)cc2C1=O. The minimum absolute atomic E-state index is 0.202. The van der Waals surface area contributed by atoms with Gasteiger partial charge in [0.25, 0.3) is 23.6 Å². The molecule has 0 radical (unpaired) electrons. The molecule has 1 aliphatic rings. The van der Waals surface area contributed by atoms with Crippen molar-refractivity contribution >= 4 is 29.3 Å². The first-order valence-electron chi connectivity index (χ1n) is 10.3. The predicted octanol–water partition coefficient (Wildman–Crippen LogP) is 3.10. The fourth-order valence-corrected chi connectivity index (χ4v) is 3.32. The van der Waals surface area contributed by atoms with E-state index < -0.39 is 11.8 Å². The minimum Gasteiger partial charge on any atom is -0.385 e. The Morgan fingerprint density at radius 3 is 2.16 bits per heavy atom. The summed E-state index contributed by atoms with van der Waals surface area (Å²) in [4.78, 5) is 51.2. The number of fused-ring (bicyclic) bond motifs is 1. The van der Waals surface area contributed by atoms with Gasteiger partial charge in [-0.3, -0.25) is 24.1 Å². The normalized spacial score (nSPS) is 13.2. The second kappa shape index (κ2) is 9.32. The molecule has 0 saturated heterocycles. The summed E-state index contributed by atoms with van der Waals surface area (Å²) in [5.41, 5.74) is 1.40. The van der Waals surface area contributed by atoms with Crippen LogP contribution in [0.25, 0.3) is 0 Å². The summed E-state index contributed by atoms with van der Waals surface area (Å²) in [6.07, 6.45) is 0.541. The third-order valence-electron chi connectivity index (χ3n) is 4.86. The summed E-state index contributed by atoms with van der Waals surface area (Å²) in [7, 11) is 1.56. The Balaban J connectivity index is 1.69. The van der Waals surface area contributed by atoms with E-state index in [9.17, 15) is 19.2 Å². The number of ether oxygens (including phenoxy) is 1. The molecule has 2 aromatic carbocycles. The number of imide groups is 1. The van der Waals surface area contributed by atoms with Gasteiger partial charge in [0.1, 0.15) is 0 Å². The molecule has 1 heterocycles. The Morgan fingerprint density at radius 2 is 1.53 bits per heavy atom. The van der Waals surface area contributed by atoms with Gasteiger partial charge in [0.15, 0.2) is 0 Å². The standard InChI is InChI=1S/C24H27N3O5/c1-24(2,3)26-21(29)15-6-9-17(10-7-15)25-20(28)16-8-11-18-19(14-16)23(31)27(22(18)30)12-5-13-32-4/h6-11,14H,5,12-13H2,1-4H3,(H,25,28)(H,26,29). The van der Waals surface area contributed by atoms with Crippen LogP contribution in [0.2, 0.25) is 0 Å². The maximum atomic E-state index is 12.7. The largest absolute Gasteiger partial charge is 0.385 e. The maximum Gasteiger partial charge on any atom is 0.261 e. The van der Waals surface area contributed by atoms with E-state index in [2.05, 4.69) is 10.6 Å². The van der Waals surface area contributed by atoms with Crippen molar-refractivity contribution in [2.75, 3.05) is 25.6 Å². The van der Waals surface area contributed by atoms with Crippen LogP contribution >= 0.6 is 0 Å². The van der Waals surface area contributed by atoms with Crippen molar-refractivity contribution in [3.63, 3.8) is 0 Å². The Labute approximate surface area is 186 Å². The number of carbonyl (C=O) groups excluding carboxylic acids is 4. The molecular weight excluding hydrogens is 410 g/mol. The molecule has 0 saturated carbocycles. The van der Waals surface area contributed by atoms with E-state index in [4.69, 9.17) is 4.74 Å². The van der Waals surface area contributed by atoms with Crippen LogP contribution in [0.3, 0.4) is 0 Å². The van der Waals surface area contributed by atoms with E-state index in [1.807, 2.05) is 20.8 Å². The lowest BCUT2D eigenvalue weighted by Crippen LogP contribution is -2.40. The summed E-state index contributed by atoms with van der Waals surface area (Å²) < 4.78 is 4.97. The van der Waals surface area contributed by atoms with Gasteiger partial charge in [0, 0.05) is 42.6 Å². The molecule has 8 nitrogen and oxygen atoms in total.